The second-order valence-electron chi connectivity index (χ2n) is 10.3. The number of hydrogen-bond acceptors (Lipinski definition) is 0. The van der Waals surface area contributed by atoms with E-state index >= 15 is 0 Å². The Hall–Kier alpha value is -0.260. The minimum Gasteiger partial charge on any atom is -0.0999 e. The van der Waals surface area contributed by atoms with Gasteiger partial charge in [-0.2, -0.15) is 0 Å². The molecule has 0 aliphatic heterocycles. The Bertz CT molecular complexity index is 309. The van der Waals surface area contributed by atoms with Crippen LogP contribution in [-0.2, 0) is 0 Å². The molecule has 0 radical (unpaired) electrons. The van der Waals surface area contributed by atoms with E-state index in [1.807, 2.05) is 13.8 Å². The van der Waals surface area contributed by atoms with E-state index in [0.717, 1.165) is 24.7 Å². The quantitative estimate of drug-likeness (QED) is 0.312. The predicted molar refractivity (Wildman–Crippen MR) is 131 cm³/mol. The fraction of sp³-hybridized carbons (Fsp3) is 0.926. The zero-order valence-corrected chi connectivity index (χ0v) is 21.7. The first-order valence-electron chi connectivity index (χ1n) is 12.1. The third kappa shape index (κ3) is 23.7. The van der Waals surface area contributed by atoms with Gasteiger partial charge < -0.3 is 0 Å². The summed E-state index contributed by atoms with van der Waals surface area (Å²) in [4.78, 5) is 0. The second kappa shape index (κ2) is 17.8. The second-order valence-corrected chi connectivity index (χ2v) is 10.3. The van der Waals surface area contributed by atoms with Crippen molar-refractivity contribution in [1.29, 1.82) is 0 Å². The van der Waals surface area contributed by atoms with Crippen LogP contribution < -0.4 is 0 Å². The van der Waals surface area contributed by atoms with E-state index in [-0.39, 0.29) is 0 Å². The molecule has 0 aliphatic rings. The molecule has 0 aromatic carbocycles. The first-order chi connectivity index (χ1) is 12.4. The van der Waals surface area contributed by atoms with Crippen molar-refractivity contribution in [3.8, 4) is 0 Å². The van der Waals surface area contributed by atoms with Crippen LogP contribution in [0.3, 0.4) is 0 Å². The van der Waals surface area contributed by atoms with Crippen LogP contribution >= 0.6 is 0 Å². The molecular formula is C27H58. The van der Waals surface area contributed by atoms with Crippen LogP contribution in [-0.4, -0.2) is 0 Å². The number of allylic oxidation sites excluding steroid dienone is 1. The van der Waals surface area contributed by atoms with E-state index in [9.17, 15) is 0 Å². The van der Waals surface area contributed by atoms with Gasteiger partial charge >= 0.3 is 0 Å². The van der Waals surface area contributed by atoms with Crippen LogP contribution in [0.1, 0.15) is 141 Å². The predicted octanol–water partition coefficient (Wildman–Crippen LogP) is 10.5. The molecule has 2 atom stereocenters. The molecule has 0 fully saturated rings. The lowest BCUT2D eigenvalue weighted by atomic mass is 9.75. The fourth-order valence-electron chi connectivity index (χ4n) is 3.93. The van der Waals surface area contributed by atoms with Crippen LogP contribution in [0, 0.1) is 22.7 Å². The van der Waals surface area contributed by atoms with Gasteiger partial charge in [0.15, 0.2) is 0 Å². The zero-order chi connectivity index (χ0) is 22.1. The molecule has 0 amide bonds. The van der Waals surface area contributed by atoms with Crippen LogP contribution in [0.4, 0.5) is 0 Å². The van der Waals surface area contributed by atoms with E-state index in [0.29, 0.717) is 10.8 Å². The average Bonchev–Trinajstić information content (AvgIpc) is 2.58. The molecule has 0 nitrogen and oxygen atoms in total. The van der Waals surface area contributed by atoms with Gasteiger partial charge in [0.05, 0.1) is 0 Å². The van der Waals surface area contributed by atoms with E-state index in [2.05, 4.69) is 75.8 Å². The monoisotopic (exact) mass is 382 g/mol. The Kier molecular flexibility index (Phi) is 20.7. The molecule has 2 unspecified atom stereocenters. The van der Waals surface area contributed by atoms with Crippen molar-refractivity contribution >= 4 is 0 Å². The van der Waals surface area contributed by atoms with Gasteiger partial charge in [-0.1, -0.05) is 121 Å². The summed E-state index contributed by atoms with van der Waals surface area (Å²) in [5.41, 5.74) is 2.38. The van der Waals surface area contributed by atoms with Crippen molar-refractivity contribution in [3.05, 3.63) is 12.2 Å². The molecule has 166 valence electrons. The van der Waals surface area contributed by atoms with Crippen LogP contribution in [0.5, 0.6) is 0 Å². The highest BCUT2D eigenvalue weighted by molar-refractivity contribution is 4.89. The van der Waals surface area contributed by atoms with E-state index in [4.69, 9.17) is 0 Å². The standard InChI is InChI=1S/C19H40.C6H12.C2H6/c1-9-13-19(7,8)15-17(10-2)12-11-16(3)14-18(4,5)6;1-4-6(3)5-2;1-2/h16-17H,9-15H2,1-8H3;3-5H2,1-2H3;1-2H3. The maximum Gasteiger partial charge on any atom is -0.0352 e. The summed E-state index contributed by atoms with van der Waals surface area (Å²) in [6.45, 7) is 31.2. The van der Waals surface area contributed by atoms with Crippen molar-refractivity contribution in [2.75, 3.05) is 0 Å². The third-order valence-corrected chi connectivity index (χ3v) is 5.37. The summed E-state index contributed by atoms with van der Waals surface area (Å²) in [6, 6.07) is 0. The number of hydrogen-bond donors (Lipinski definition) is 0. The van der Waals surface area contributed by atoms with Gasteiger partial charge in [-0.3, -0.25) is 0 Å². The van der Waals surface area contributed by atoms with Crippen molar-refractivity contribution in [2.24, 2.45) is 22.7 Å². The molecule has 0 heteroatoms. The van der Waals surface area contributed by atoms with Crippen LogP contribution in [0.2, 0.25) is 0 Å². The van der Waals surface area contributed by atoms with Gasteiger partial charge in [-0.15, -0.1) is 0 Å². The largest absolute Gasteiger partial charge is 0.0999 e. The van der Waals surface area contributed by atoms with E-state index < -0.39 is 0 Å². The van der Waals surface area contributed by atoms with E-state index in [1.165, 1.54) is 50.5 Å². The van der Waals surface area contributed by atoms with Crippen molar-refractivity contribution in [3.63, 3.8) is 0 Å². The third-order valence-electron chi connectivity index (χ3n) is 5.37. The summed E-state index contributed by atoms with van der Waals surface area (Å²) >= 11 is 0. The fourth-order valence-corrected chi connectivity index (χ4v) is 3.93. The smallest absolute Gasteiger partial charge is 0.0352 e. The molecule has 0 heterocycles. The molecule has 0 aromatic rings. The Morgan fingerprint density at radius 1 is 0.815 bits per heavy atom. The topological polar surface area (TPSA) is 0 Å². The molecule has 0 bridgehead atoms. The lowest BCUT2D eigenvalue weighted by Crippen LogP contribution is -2.18. The Morgan fingerprint density at radius 3 is 1.59 bits per heavy atom. The SMILES string of the molecule is C=C(CC)CC.CC.CCCC(C)(C)CC(CC)CCC(C)CC(C)(C)C. The summed E-state index contributed by atoms with van der Waals surface area (Å²) < 4.78 is 0. The zero-order valence-electron chi connectivity index (χ0n) is 21.7. The van der Waals surface area contributed by atoms with E-state index in [1.54, 1.807) is 0 Å². The summed E-state index contributed by atoms with van der Waals surface area (Å²) in [5.74, 6) is 1.81. The lowest BCUT2D eigenvalue weighted by molar-refractivity contribution is 0.215. The minimum atomic E-state index is 0.489. The summed E-state index contributed by atoms with van der Waals surface area (Å²) in [7, 11) is 0. The van der Waals surface area contributed by atoms with Gasteiger partial charge in [-0.25, -0.2) is 0 Å². The van der Waals surface area contributed by atoms with Gasteiger partial charge in [0.1, 0.15) is 0 Å². The van der Waals surface area contributed by atoms with Gasteiger partial charge in [0.2, 0.25) is 0 Å². The van der Waals surface area contributed by atoms with Gasteiger partial charge in [0.25, 0.3) is 0 Å². The van der Waals surface area contributed by atoms with Crippen molar-refractivity contribution in [1.82, 2.24) is 0 Å². The molecule has 27 heavy (non-hydrogen) atoms. The number of rotatable bonds is 11. The maximum absolute atomic E-state index is 3.79. The molecule has 0 saturated heterocycles. The first-order valence-corrected chi connectivity index (χ1v) is 12.1. The molecule has 0 saturated carbocycles. The van der Waals surface area contributed by atoms with Crippen LogP contribution in [0.15, 0.2) is 12.2 Å². The normalized spacial score (nSPS) is 13.6. The molecule has 0 aliphatic carbocycles. The van der Waals surface area contributed by atoms with Crippen molar-refractivity contribution < 1.29 is 0 Å². The molecule has 0 rings (SSSR count). The first kappa shape index (κ1) is 31.4. The Labute approximate surface area is 176 Å². The Balaban J connectivity index is -0.000000607. The molecule has 0 N–H and O–H groups in total. The lowest BCUT2D eigenvalue weighted by Gasteiger charge is -2.30. The highest BCUT2D eigenvalue weighted by Crippen LogP contribution is 2.35. The van der Waals surface area contributed by atoms with Gasteiger partial charge in [0, 0.05) is 0 Å². The highest BCUT2D eigenvalue weighted by Gasteiger charge is 2.22. The molecule has 0 spiro atoms. The van der Waals surface area contributed by atoms with Crippen LogP contribution in [0.25, 0.3) is 0 Å². The Morgan fingerprint density at radius 2 is 1.30 bits per heavy atom. The summed E-state index contributed by atoms with van der Waals surface area (Å²) in [5, 5.41) is 0. The molecular weight excluding hydrogens is 324 g/mol. The highest BCUT2D eigenvalue weighted by atomic mass is 14.3. The van der Waals surface area contributed by atoms with Crippen molar-refractivity contribution in [2.45, 2.75) is 141 Å². The van der Waals surface area contributed by atoms with Gasteiger partial charge in [-0.05, 0) is 54.8 Å². The average molecular weight is 383 g/mol. The molecule has 0 aromatic heterocycles. The summed E-state index contributed by atoms with van der Waals surface area (Å²) in [6.07, 6.45) is 12.0. The maximum atomic E-state index is 3.79. The minimum absolute atomic E-state index is 0.489.